The first-order chi connectivity index (χ1) is 9.99. The van der Waals surface area contributed by atoms with Gasteiger partial charge in [-0.05, 0) is 30.7 Å². The molecule has 1 rings (SSSR count). The largest absolute Gasteiger partial charge is 0.497 e. The lowest BCUT2D eigenvalue weighted by atomic mass is 10.1. The molecule has 0 bridgehead atoms. The number of aliphatic carboxylic acids is 1. The molecule has 1 atom stereocenters. The molecule has 0 fully saturated rings. The summed E-state index contributed by atoms with van der Waals surface area (Å²) in [6.45, 7) is 4.44. The molecule has 5 heteroatoms. The maximum atomic E-state index is 12.5. The Kier molecular flexibility index (Phi) is 6.72. The number of benzene rings is 1. The van der Waals surface area contributed by atoms with E-state index in [4.69, 9.17) is 9.84 Å². The molecule has 1 aromatic rings. The van der Waals surface area contributed by atoms with E-state index in [0.717, 1.165) is 12.8 Å². The summed E-state index contributed by atoms with van der Waals surface area (Å²) in [4.78, 5) is 25.1. The predicted octanol–water partition coefficient (Wildman–Crippen LogP) is 2.66. The van der Waals surface area contributed by atoms with Gasteiger partial charge in [0.1, 0.15) is 5.75 Å². The van der Waals surface area contributed by atoms with E-state index in [1.165, 1.54) is 0 Å². The summed E-state index contributed by atoms with van der Waals surface area (Å²) in [5.41, 5.74) is 0.546. The third-order valence-corrected chi connectivity index (χ3v) is 3.32. The predicted molar refractivity (Wildman–Crippen MR) is 80.6 cm³/mol. The van der Waals surface area contributed by atoms with Crippen LogP contribution in [-0.4, -0.2) is 42.1 Å². The number of methoxy groups -OCH3 is 1. The van der Waals surface area contributed by atoms with Crippen molar-refractivity contribution in [3.63, 3.8) is 0 Å². The summed E-state index contributed by atoms with van der Waals surface area (Å²) in [6, 6.07) is 6.86. The molecule has 0 aliphatic heterocycles. The van der Waals surface area contributed by atoms with E-state index in [1.807, 2.05) is 6.92 Å². The first-order valence-electron chi connectivity index (χ1n) is 7.15. The van der Waals surface area contributed by atoms with Crippen molar-refractivity contribution < 1.29 is 19.4 Å². The molecule has 1 N–H and O–H groups in total. The van der Waals surface area contributed by atoms with Gasteiger partial charge in [-0.2, -0.15) is 0 Å². The van der Waals surface area contributed by atoms with Crippen LogP contribution in [-0.2, 0) is 4.79 Å². The first kappa shape index (κ1) is 17.0. The molecule has 0 heterocycles. The molecule has 1 unspecified atom stereocenters. The monoisotopic (exact) mass is 293 g/mol. The lowest BCUT2D eigenvalue weighted by molar-refractivity contribution is -0.141. The van der Waals surface area contributed by atoms with E-state index in [9.17, 15) is 9.59 Å². The zero-order chi connectivity index (χ0) is 15.8. The molecule has 0 aromatic heterocycles. The zero-order valence-electron chi connectivity index (χ0n) is 12.8. The van der Waals surface area contributed by atoms with Crippen LogP contribution < -0.4 is 4.74 Å². The van der Waals surface area contributed by atoms with Crippen molar-refractivity contribution in [2.45, 2.75) is 26.7 Å². The lowest BCUT2D eigenvalue weighted by Crippen LogP contribution is -2.37. The normalized spacial score (nSPS) is 11.8. The number of hydrogen-bond donors (Lipinski definition) is 1. The minimum atomic E-state index is -0.890. The van der Waals surface area contributed by atoms with Crippen molar-refractivity contribution in [1.82, 2.24) is 4.90 Å². The number of ether oxygens (including phenoxy) is 1. The molecule has 0 spiro atoms. The van der Waals surface area contributed by atoms with E-state index in [-0.39, 0.29) is 12.5 Å². The molecular weight excluding hydrogens is 270 g/mol. The van der Waals surface area contributed by atoms with Crippen LogP contribution >= 0.6 is 0 Å². The molecule has 0 saturated carbocycles. The summed E-state index contributed by atoms with van der Waals surface area (Å²) in [5.74, 6) is -0.923. The van der Waals surface area contributed by atoms with Crippen LogP contribution in [0.3, 0.4) is 0 Å². The maximum absolute atomic E-state index is 12.5. The zero-order valence-corrected chi connectivity index (χ0v) is 12.8. The number of unbranched alkanes of at least 4 members (excludes halogenated alkanes) is 1. The fraction of sp³-hybridized carbons (Fsp3) is 0.500. The molecule has 1 aromatic carbocycles. The second-order valence-electron chi connectivity index (χ2n) is 5.07. The minimum Gasteiger partial charge on any atom is -0.497 e. The van der Waals surface area contributed by atoms with Gasteiger partial charge in [-0.15, -0.1) is 0 Å². The number of rotatable bonds is 8. The van der Waals surface area contributed by atoms with Crippen LogP contribution in [0.5, 0.6) is 5.75 Å². The quantitative estimate of drug-likeness (QED) is 0.800. The molecular formula is C16H23NO4. The number of carbonyl (C=O) groups is 2. The summed E-state index contributed by atoms with van der Waals surface area (Å²) in [7, 11) is 1.57. The van der Waals surface area contributed by atoms with E-state index >= 15 is 0 Å². The van der Waals surface area contributed by atoms with Gasteiger partial charge in [0.2, 0.25) is 0 Å². The summed E-state index contributed by atoms with van der Waals surface area (Å²) in [5, 5.41) is 9.02. The molecule has 0 aliphatic rings. The Morgan fingerprint density at radius 2 is 1.90 bits per heavy atom. The molecule has 0 radical (unpaired) electrons. The molecule has 1 amide bonds. The van der Waals surface area contributed by atoms with Gasteiger partial charge in [0.05, 0.1) is 13.0 Å². The SMILES string of the molecule is CCCCN(CC(C)C(=O)O)C(=O)c1ccc(OC)cc1. The van der Waals surface area contributed by atoms with Crippen molar-refractivity contribution in [3.05, 3.63) is 29.8 Å². The van der Waals surface area contributed by atoms with Crippen molar-refractivity contribution >= 4 is 11.9 Å². The summed E-state index contributed by atoms with van der Waals surface area (Å²) < 4.78 is 5.07. The van der Waals surface area contributed by atoms with E-state index < -0.39 is 11.9 Å². The summed E-state index contributed by atoms with van der Waals surface area (Å²) in [6.07, 6.45) is 1.81. The Labute approximate surface area is 125 Å². The smallest absolute Gasteiger partial charge is 0.308 e. The highest BCUT2D eigenvalue weighted by Crippen LogP contribution is 2.14. The summed E-state index contributed by atoms with van der Waals surface area (Å²) >= 11 is 0. The lowest BCUT2D eigenvalue weighted by Gasteiger charge is -2.24. The van der Waals surface area contributed by atoms with Gasteiger partial charge in [-0.1, -0.05) is 20.3 Å². The van der Waals surface area contributed by atoms with Crippen molar-refractivity contribution in [1.29, 1.82) is 0 Å². The Morgan fingerprint density at radius 1 is 1.29 bits per heavy atom. The number of carboxylic acids is 1. The number of carboxylic acid groups (broad SMARTS) is 1. The van der Waals surface area contributed by atoms with Gasteiger partial charge in [0.15, 0.2) is 0 Å². The van der Waals surface area contributed by atoms with Gasteiger partial charge in [0.25, 0.3) is 5.91 Å². The number of hydrogen-bond acceptors (Lipinski definition) is 3. The van der Waals surface area contributed by atoms with Crippen LogP contribution in [0.25, 0.3) is 0 Å². The highest BCUT2D eigenvalue weighted by atomic mass is 16.5. The third kappa shape index (κ3) is 5.10. The Morgan fingerprint density at radius 3 is 2.38 bits per heavy atom. The van der Waals surface area contributed by atoms with Crippen molar-refractivity contribution in [2.75, 3.05) is 20.2 Å². The number of nitrogens with zero attached hydrogens (tertiary/aromatic N) is 1. The van der Waals surface area contributed by atoms with E-state index in [2.05, 4.69) is 0 Å². The van der Waals surface area contributed by atoms with Gasteiger partial charge in [0, 0.05) is 18.7 Å². The van der Waals surface area contributed by atoms with Crippen molar-refractivity contribution in [3.8, 4) is 5.75 Å². The van der Waals surface area contributed by atoms with Crippen LogP contribution in [0.1, 0.15) is 37.0 Å². The van der Waals surface area contributed by atoms with Crippen molar-refractivity contribution in [2.24, 2.45) is 5.92 Å². The van der Waals surface area contributed by atoms with Crippen LogP contribution in [0, 0.1) is 5.92 Å². The molecule has 21 heavy (non-hydrogen) atoms. The standard InChI is InChI=1S/C16H23NO4/c1-4-5-10-17(11-12(2)16(19)20)15(18)13-6-8-14(21-3)9-7-13/h6-9,12H,4-5,10-11H2,1-3H3,(H,19,20). The van der Waals surface area contributed by atoms with Crippen LogP contribution in [0.2, 0.25) is 0 Å². The fourth-order valence-electron chi connectivity index (χ4n) is 1.95. The minimum absolute atomic E-state index is 0.140. The average molecular weight is 293 g/mol. The Hall–Kier alpha value is -2.04. The number of carbonyl (C=O) groups excluding carboxylic acids is 1. The Balaban J connectivity index is 2.84. The first-order valence-corrected chi connectivity index (χ1v) is 7.15. The van der Waals surface area contributed by atoms with E-state index in [0.29, 0.717) is 17.9 Å². The van der Waals surface area contributed by atoms with E-state index in [1.54, 1.807) is 43.2 Å². The molecule has 0 saturated heterocycles. The van der Waals surface area contributed by atoms with Gasteiger partial charge >= 0.3 is 5.97 Å². The second-order valence-corrected chi connectivity index (χ2v) is 5.07. The highest BCUT2D eigenvalue weighted by molar-refractivity contribution is 5.94. The average Bonchev–Trinajstić information content (AvgIpc) is 2.50. The van der Waals surface area contributed by atoms with Gasteiger partial charge in [-0.25, -0.2) is 0 Å². The van der Waals surface area contributed by atoms with Crippen LogP contribution in [0.15, 0.2) is 24.3 Å². The van der Waals surface area contributed by atoms with Gasteiger partial charge < -0.3 is 14.7 Å². The maximum Gasteiger partial charge on any atom is 0.308 e. The topological polar surface area (TPSA) is 66.8 Å². The third-order valence-electron chi connectivity index (χ3n) is 3.32. The molecule has 0 aliphatic carbocycles. The Bertz CT molecular complexity index is 470. The number of amides is 1. The molecule has 5 nitrogen and oxygen atoms in total. The second kappa shape index (κ2) is 8.29. The molecule has 116 valence electrons. The highest BCUT2D eigenvalue weighted by Gasteiger charge is 2.21. The fourth-order valence-corrected chi connectivity index (χ4v) is 1.95. The van der Waals surface area contributed by atoms with Crippen LogP contribution in [0.4, 0.5) is 0 Å². The van der Waals surface area contributed by atoms with Gasteiger partial charge in [-0.3, -0.25) is 9.59 Å².